The number of fused-ring (bicyclic) bond motifs is 1. The summed E-state index contributed by atoms with van der Waals surface area (Å²) in [4.78, 5) is 24.2. The van der Waals surface area contributed by atoms with Gasteiger partial charge in [-0.05, 0) is 47.5 Å². The van der Waals surface area contributed by atoms with E-state index in [0.29, 0.717) is 11.3 Å². The van der Waals surface area contributed by atoms with Crippen LogP contribution in [0.5, 0.6) is 0 Å². The monoisotopic (exact) mass is 349 g/mol. The van der Waals surface area contributed by atoms with E-state index in [-0.39, 0.29) is 6.04 Å². The van der Waals surface area contributed by atoms with Crippen LogP contribution in [0.4, 0.5) is 5.69 Å². The standard InChI is InChI=1S/C19H15N3O2S/c1-12(16-11-25-17-8-3-2-7-15(16)17)21-18(23)19(24)22-14-6-4-5-13(9-14)10-20/h2-9,11-12H,1H3,(H,21,23)(H,22,24)/t12-/m1/s1. The van der Waals surface area contributed by atoms with Crippen molar-refractivity contribution in [3.05, 3.63) is 65.0 Å². The van der Waals surface area contributed by atoms with E-state index < -0.39 is 11.8 Å². The third-order valence-corrected chi connectivity index (χ3v) is 4.76. The van der Waals surface area contributed by atoms with Crippen molar-refractivity contribution in [1.29, 1.82) is 5.26 Å². The van der Waals surface area contributed by atoms with Crippen molar-refractivity contribution in [2.75, 3.05) is 5.32 Å². The normalized spacial score (nSPS) is 11.5. The Morgan fingerprint density at radius 1 is 1.12 bits per heavy atom. The zero-order chi connectivity index (χ0) is 17.8. The van der Waals surface area contributed by atoms with Crippen LogP contribution in [0.1, 0.15) is 24.1 Å². The highest BCUT2D eigenvalue weighted by Crippen LogP contribution is 2.29. The van der Waals surface area contributed by atoms with Crippen LogP contribution in [-0.2, 0) is 9.59 Å². The summed E-state index contributed by atoms with van der Waals surface area (Å²) in [6.45, 7) is 1.84. The molecule has 0 saturated carbocycles. The lowest BCUT2D eigenvalue weighted by Gasteiger charge is -2.13. The molecule has 0 spiro atoms. The van der Waals surface area contributed by atoms with Gasteiger partial charge in [0.2, 0.25) is 0 Å². The first-order chi connectivity index (χ1) is 12.1. The number of benzene rings is 2. The van der Waals surface area contributed by atoms with Gasteiger partial charge in [-0.1, -0.05) is 24.3 Å². The molecule has 0 saturated heterocycles. The first-order valence-corrected chi connectivity index (χ1v) is 8.54. The van der Waals surface area contributed by atoms with Crippen molar-refractivity contribution in [2.45, 2.75) is 13.0 Å². The van der Waals surface area contributed by atoms with Crippen LogP contribution in [0.3, 0.4) is 0 Å². The van der Waals surface area contributed by atoms with Gasteiger partial charge in [0.05, 0.1) is 17.7 Å². The van der Waals surface area contributed by atoms with E-state index in [1.165, 1.54) is 6.07 Å². The Morgan fingerprint density at radius 3 is 2.72 bits per heavy atom. The van der Waals surface area contributed by atoms with E-state index in [4.69, 9.17) is 5.26 Å². The molecule has 1 atom stereocenters. The minimum atomic E-state index is -0.763. The zero-order valence-electron chi connectivity index (χ0n) is 13.4. The third-order valence-electron chi connectivity index (χ3n) is 3.78. The second-order valence-electron chi connectivity index (χ2n) is 5.53. The van der Waals surface area contributed by atoms with Gasteiger partial charge in [0, 0.05) is 10.4 Å². The third kappa shape index (κ3) is 3.67. The number of hydrogen-bond acceptors (Lipinski definition) is 4. The number of nitrogens with zero attached hydrogens (tertiary/aromatic N) is 1. The molecule has 3 aromatic rings. The molecule has 6 heteroatoms. The molecule has 2 N–H and O–H groups in total. The van der Waals surface area contributed by atoms with Gasteiger partial charge in [0.25, 0.3) is 0 Å². The van der Waals surface area contributed by atoms with Crippen molar-refractivity contribution < 1.29 is 9.59 Å². The van der Waals surface area contributed by atoms with E-state index in [9.17, 15) is 9.59 Å². The quantitative estimate of drug-likeness (QED) is 0.709. The predicted octanol–water partition coefficient (Wildman–Crippen LogP) is 3.59. The summed E-state index contributed by atoms with van der Waals surface area (Å²) in [6, 6.07) is 16.0. The van der Waals surface area contributed by atoms with Crippen molar-refractivity contribution >= 4 is 38.9 Å². The largest absolute Gasteiger partial charge is 0.341 e. The number of thiophene rings is 1. The molecule has 2 aromatic carbocycles. The Labute approximate surface area is 148 Å². The maximum Gasteiger partial charge on any atom is 0.313 e. The molecular weight excluding hydrogens is 334 g/mol. The number of amides is 2. The van der Waals surface area contributed by atoms with Crippen LogP contribution >= 0.6 is 11.3 Å². The number of carbonyl (C=O) groups excluding carboxylic acids is 2. The van der Waals surface area contributed by atoms with Crippen LogP contribution < -0.4 is 10.6 Å². The first-order valence-electron chi connectivity index (χ1n) is 7.66. The number of carbonyl (C=O) groups is 2. The fourth-order valence-electron chi connectivity index (χ4n) is 2.53. The fourth-order valence-corrected chi connectivity index (χ4v) is 3.58. The van der Waals surface area contributed by atoms with E-state index in [1.807, 2.05) is 42.6 Å². The molecule has 3 rings (SSSR count). The van der Waals surface area contributed by atoms with Gasteiger partial charge in [-0.2, -0.15) is 5.26 Å². The van der Waals surface area contributed by atoms with E-state index in [0.717, 1.165) is 15.6 Å². The van der Waals surface area contributed by atoms with Crippen molar-refractivity contribution in [3.63, 3.8) is 0 Å². The molecule has 0 aliphatic rings. The highest BCUT2D eigenvalue weighted by atomic mass is 32.1. The van der Waals surface area contributed by atoms with E-state index in [2.05, 4.69) is 10.6 Å². The number of hydrogen-bond donors (Lipinski definition) is 2. The van der Waals surface area contributed by atoms with E-state index in [1.54, 1.807) is 29.5 Å². The van der Waals surface area contributed by atoms with Crippen LogP contribution in [0, 0.1) is 11.3 Å². The summed E-state index contributed by atoms with van der Waals surface area (Å²) >= 11 is 1.60. The van der Waals surface area contributed by atoms with Crippen LogP contribution in [0.15, 0.2) is 53.9 Å². The number of rotatable bonds is 3. The average molecular weight is 349 g/mol. The topological polar surface area (TPSA) is 82.0 Å². The van der Waals surface area contributed by atoms with Gasteiger partial charge in [-0.15, -0.1) is 11.3 Å². The first kappa shape index (κ1) is 16.7. The summed E-state index contributed by atoms with van der Waals surface area (Å²) in [5, 5.41) is 17.2. The van der Waals surface area contributed by atoms with Gasteiger partial charge < -0.3 is 10.6 Å². The van der Waals surface area contributed by atoms with Crippen molar-refractivity contribution in [2.24, 2.45) is 0 Å². The molecule has 0 aliphatic heterocycles. The fraction of sp³-hybridized carbons (Fsp3) is 0.105. The Kier molecular flexibility index (Phi) is 4.78. The molecule has 0 bridgehead atoms. The molecule has 0 radical (unpaired) electrons. The van der Waals surface area contributed by atoms with Crippen LogP contribution in [0.25, 0.3) is 10.1 Å². The smallest absolute Gasteiger partial charge is 0.313 e. The maximum atomic E-state index is 12.2. The number of nitrogens with one attached hydrogen (secondary N) is 2. The molecule has 0 aliphatic carbocycles. The molecule has 1 aromatic heterocycles. The Balaban J connectivity index is 1.68. The molecule has 2 amide bonds. The average Bonchev–Trinajstić information content (AvgIpc) is 3.06. The summed E-state index contributed by atoms with van der Waals surface area (Å²) in [7, 11) is 0. The highest BCUT2D eigenvalue weighted by Gasteiger charge is 2.19. The second kappa shape index (κ2) is 7.16. The van der Waals surface area contributed by atoms with Gasteiger partial charge in [-0.3, -0.25) is 9.59 Å². The van der Waals surface area contributed by atoms with Gasteiger partial charge in [-0.25, -0.2) is 0 Å². The Bertz CT molecular complexity index is 987. The van der Waals surface area contributed by atoms with Gasteiger partial charge in [0.15, 0.2) is 0 Å². The van der Waals surface area contributed by atoms with Gasteiger partial charge in [0.1, 0.15) is 0 Å². The van der Waals surface area contributed by atoms with Crippen molar-refractivity contribution in [3.8, 4) is 6.07 Å². The van der Waals surface area contributed by atoms with Crippen molar-refractivity contribution in [1.82, 2.24) is 5.32 Å². The number of nitriles is 1. The second-order valence-corrected chi connectivity index (χ2v) is 6.44. The summed E-state index contributed by atoms with van der Waals surface area (Å²) < 4.78 is 1.14. The SMILES string of the molecule is C[C@@H](NC(=O)C(=O)Nc1cccc(C#N)c1)c1csc2ccccc12. The number of anilines is 1. The van der Waals surface area contributed by atoms with Crippen LogP contribution in [-0.4, -0.2) is 11.8 Å². The lowest BCUT2D eigenvalue weighted by atomic mass is 10.1. The minimum Gasteiger partial charge on any atom is -0.341 e. The molecule has 0 unspecified atom stereocenters. The summed E-state index contributed by atoms with van der Waals surface area (Å²) in [5.74, 6) is -1.48. The molecule has 1 heterocycles. The molecule has 0 fully saturated rings. The molecule has 124 valence electrons. The summed E-state index contributed by atoms with van der Waals surface area (Å²) in [6.07, 6.45) is 0. The minimum absolute atomic E-state index is 0.292. The van der Waals surface area contributed by atoms with Crippen LogP contribution in [0.2, 0.25) is 0 Å². The lowest BCUT2D eigenvalue weighted by Crippen LogP contribution is -2.36. The van der Waals surface area contributed by atoms with Gasteiger partial charge >= 0.3 is 11.8 Å². The Hall–Kier alpha value is -3.17. The molecular formula is C19H15N3O2S. The van der Waals surface area contributed by atoms with E-state index >= 15 is 0 Å². The predicted molar refractivity (Wildman–Crippen MR) is 98.2 cm³/mol. The summed E-state index contributed by atoms with van der Waals surface area (Å²) in [5.41, 5.74) is 1.80. The molecule has 5 nitrogen and oxygen atoms in total. The maximum absolute atomic E-state index is 12.2. The molecule has 25 heavy (non-hydrogen) atoms. The lowest BCUT2D eigenvalue weighted by molar-refractivity contribution is -0.136. The highest BCUT2D eigenvalue weighted by molar-refractivity contribution is 7.17. The Morgan fingerprint density at radius 2 is 1.92 bits per heavy atom. The zero-order valence-corrected chi connectivity index (χ0v) is 14.3.